The standard InChI is InChI=1S/C17H22BNO4/c1-17(2,3)23-16(22)19-8-7-13(14(10-19)15(20)21)11-5-4-6-12(18)9-11/h4-6,9H,7-8,10,18H2,1-3H3,(H,20,21). The Morgan fingerprint density at radius 3 is 2.57 bits per heavy atom. The van der Waals surface area contributed by atoms with E-state index in [1.807, 2.05) is 32.1 Å². The molecule has 0 spiro atoms. The van der Waals surface area contributed by atoms with Crippen LogP contribution in [0.15, 0.2) is 29.8 Å². The maximum Gasteiger partial charge on any atom is 0.410 e. The molecular formula is C17H22BNO4. The fourth-order valence-electron chi connectivity index (χ4n) is 2.59. The monoisotopic (exact) mass is 315 g/mol. The van der Waals surface area contributed by atoms with Gasteiger partial charge in [-0.05, 0) is 38.3 Å². The second-order valence-corrected chi connectivity index (χ2v) is 6.78. The molecule has 23 heavy (non-hydrogen) atoms. The van der Waals surface area contributed by atoms with Gasteiger partial charge in [0.2, 0.25) is 0 Å². The van der Waals surface area contributed by atoms with E-state index >= 15 is 0 Å². The Kier molecular flexibility index (Phi) is 4.83. The summed E-state index contributed by atoms with van der Waals surface area (Å²) in [4.78, 5) is 25.3. The molecule has 1 aliphatic rings. The molecule has 5 nitrogen and oxygen atoms in total. The van der Waals surface area contributed by atoms with Crippen molar-refractivity contribution in [2.75, 3.05) is 13.1 Å². The zero-order chi connectivity index (χ0) is 17.2. The third-order valence-corrected chi connectivity index (χ3v) is 3.62. The van der Waals surface area contributed by atoms with Crippen LogP contribution in [0.4, 0.5) is 4.79 Å². The Labute approximate surface area is 137 Å². The molecule has 0 bridgehead atoms. The summed E-state index contributed by atoms with van der Waals surface area (Å²) in [7, 11) is 1.97. The lowest BCUT2D eigenvalue weighted by Crippen LogP contribution is -2.41. The van der Waals surface area contributed by atoms with E-state index in [1.54, 1.807) is 20.8 Å². The van der Waals surface area contributed by atoms with Gasteiger partial charge in [-0.3, -0.25) is 0 Å². The number of rotatable bonds is 2. The maximum atomic E-state index is 12.2. The number of aliphatic carboxylic acids is 1. The number of nitrogens with zero attached hydrogens (tertiary/aromatic N) is 1. The number of hydrogen-bond acceptors (Lipinski definition) is 3. The Bertz CT molecular complexity index is 661. The topological polar surface area (TPSA) is 66.8 Å². The number of amides is 1. The lowest BCUT2D eigenvalue weighted by atomic mass is 9.88. The average molecular weight is 315 g/mol. The molecule has 2 rings (SSSR count). The highest BCUT2D eigenvalue weighted by Gasteiger charge is 2.30. The van der Waals surface area contributed by atoms with Crippen molar-refractivity contribution >= 4 is 30.9 Å². The highest BCUT2D eigenvalue weighted by atomic mass is 16.6. The summed E-state index contributed by atoms with van der Waals surface area (Å²) in [6.45, 7) is 5.89. The molecule has 0 unspecified atom stereocenters. The molecule has 6 heteroatoms. The molecule has 0 aromatic heterocycles. The number of carboxylic acids is 1. The first-order chi connectivity index (χ1) is 10.7. The second-order valence-electron chi connectivity index (χ2n) is 6.78. The first-order valence-electron chi connectivity index (χ1n) is 7.67. The van der Waals surface area contributed by atoms with Gasteiger partial charge in [0, 0.05) is 6.54 Å². The van der Waals surface area contributed by atoms with Gasteiger partial charge in [-0.25, -0.2) is 9.59 Å². The third-order valence-electron chi connectivity index (χ3n) is 3.62. The lowest BCUT2D eigenvalue weighted by molar-refractivity contribution is -0.132. The minimum Gasteiger partial charge on any atom is -0.478 e. The Morgan fingerprint density at radius 1 is 1.30 bits per heavy atom. The molecule has 0 fully saturated rings. The molecule has 1 heterocycles. The van der Waals surface area contributed by atoms with Crippen LogP contribution in [-0.2, 0) is 9.53 Å². The van der Waals surface area contributed by atoms with Gasteiger partial charge in [0.1, 0.15) is 13.4 Å². The van der Waals surface area contributed by atoms with E-state index in [9.17, 15) is 14.7 Å². The third kappa shape index (κ3) is 4.37. The largest absolute Gasteiger partial charge is 0.478 e. The molecule has 1 aromatic rings. The average Bonchev–Trinajstić information content (AvgIpc) is 2.44. The lowest BCUT2D eigenvalue weighted by Gasteiger charge is -2.31. The van der Waals surface area contributed by atoms with Crippen molar-refractivity contribution in [3.05, 3.63) is 35.4 Å². The minimum absolute atomic E-state index is 0.0630. The predicted octanol–water partition coefficient (Wildman–Crippen LogP) is 1.42. The molecule has 1 aromatic carbocycles. The van der Waals surface area contributed by atoms with Crippen LogP contribution in [-0.4, -0.2) is 48.6 Å². The number of carbonyl (C=O) groups is 2. The number of ether oxygens (including phenoxy) is 1. The molecule has 1 aliphatic heterocycles. The summed E-state index contributed by atoms with van der Waals surface area (Å²) in [5, 5.41) is 9.53. The van der Waals surface area contributed by atoms with Crippen LogP contribution in [0, 0.1) is 0 Å². The van der Waals surface area contributed by atoms with Crippen LogP contribution in [0.3, 0.4) is 0 Å². The van der Waals surface area contributed by atoms with E-state index in [1.165, 1.54) is 4.90 Å². The summed E-state index contributed by atoms with van der Waals surface area (Å²) in [6, 6.07) is 7.77. The van der Waals surface area contributed by atoms with Gasteiger partial charge in [-0.1, -0.05) is 29.7 Å². The zero-order valence-electron chi connectivity index (χ0n) is 14.0. The van der Waals surface area contributed by atoms with Gasteiger partial charge in [0.05, 0.1) is 12.1 Å². The number of hydrogen-bond donors (Lipinski definition) is 1. The molecular weight excluding hydrogens is 293 g/mol. The van der Waals surface area contributed by atoms with E-state index in [0.29, 0.717) is 13.0 Å². The minimum atomic E-state index is -0.991. The highest BCUT2D eigenvalue weighted by molar-refractivity contribution is 6.32. The number of carbonyl (C=O) groups excluding carboxylic acids is 1. The van der Waals surface area contributed by atoms with E-state index < -0.39 is 17.7 Å². The van der Waals surface area contributed by atoms with Crippen LogP contribution in [0.25, 0.3) is 5.57 Å². The molecule has 122 valence electrons. The van der Waals surface area contributed by atoms with Gasteiger partial charge >= 0.3 is 12.1 Å². The first-order valence-corrected chi connectivity index (χ1v) is 7.67. The van der Waals surface area contributed by atoms with E-state index in [4.69, 9.17) is 4.74 Å². The van der Waals surface area contributed by atoms with Crippen LogP contribution in [0.1, 0.15) is 32.8 Å². The molecule has 0 atom stereocenters. The van der Waals surface area contributed by atoms with E-state index in [-0.39, 0.29) is 12.1 Å². The maximum absolute atomic E-state index is 12.2. The van der Waals surface area contributed by atoms with Crippen LogP contribution in [0.2, 0.25) is 0 Å². The fraction of sp³-hybridized carbons (Fsp3) is 0.412. The molecule has 0 aliphatic carbocycles. The van der Waals surface area contributed by atoms with Crippen molar-refractivity contribution in [1.29, 1.82) is 0 Å². The summed E-state index contributed by atoms with van der Waals surface area (Å²) >= 11 is 0. The summed E-state index contributed by atoms with van der Waals surface area (Å²) in [5.41, 5.74) is 2.44. The number of benzene rings is 1. The second kappa shape index (κ2) is 6.48. The molecule has 1 N–H and O–H groups in total. The van der Waals surface area contributed by atoms with Gasteiger partial charge in [0.15, 0.2) is 0 Å². The molecule has 0 saturated heterocycles. The van der Waals surface area contributed by atoms with Gasteiger partial charge in [-0.2, -0.15) is 0 Å². The summed E-state index contributed by atoms with van der Waals surface area (Å²) < 4.78 is 5.34. The Morgan fingerprint density at radius 2 is 2.00 bits per heavy atom. The van der Waals surface area contributed by atoms with Crippen molar-refractivity contribution < 1.29 is 19.4 Å². The normalized spacial score (nSPS) is 15.5. The highest BCUT2D eigenvalue weighted by Crippen LogP contribution is 2.28. The Balaban J connectivity index is 2.28. The summed E-state index contributed by atoms with van der Waals surface area (Å²) in [5.74, 6) is -0.991. The van der Waals surface area contributed by atoms with Crippen molar-refractivity contribution in [3.63, 3.8) is 0 Å². The van der Waals surface area contributed by atoms with Crippen LogP contribution < -0.4 is 5.46 Å². The zero-order valence-corrected chi connectivity index (χ0v) is 14.0. The van der Waals surface area contributed by atoms with Crippen molar-refractivity contribution in [2.24, 2.45) is 0 Å². The quantitative estimate of drug-likeness (QED) is 0.838. The molecule has 0 radical (unpaired) electrons. The summed E-state index contributed by atoms with van der Waals surface area (Å²) in [6.07, 6.45) is 0.0316. The number of carboxylic acid groups (broad SMARTS) is 1. The first kappa shape index (κ1) is 17.1. The van der Waals surface area contributed by atoms with Gasteiger partial charge < -0.3 is 14.7 Å². The van der Waals surface area contributed by atoms with Crippen molar-refractivity contribution in [3.8, 4) is 0 Å². The van der Waals surface area contributed by atoms with E-state index in [0.717, 1.165) is 16.6 Å². The SMILES string of the molecule is Bc1cccc(C2=C(C(=O)O)CN(C(=O)OC(C)(C)C)CC2)c1. The Hall–Kier alpha value is -2.24. The van der Waals surface area contributed by atoms with Gasteiger partial charge in [-0.15, -0.1) is 0 Å². The predicted molar refractivity (Wildman–Crippen MR) is 91.6 cm³/mol. The fourth-order valence-corrected chi connectivity index (χ4v) is 2.59. The van der Waals surface area contributed by atoms with Crippen LogP contribution >= 0.6 is 0 Å². The molecule has 0 saturated carbocycles. The van der Waals surface area contributed by atoms with E-state index in [2.05, 4.69) is 0 Å². The van der Waals surface area contributed by atoms with Crippen molar-refractivity contribution in [2.45, 2.75) is 32.8 Å². The van der Waals surface area contributed by atoms with Crippen molar-refractivity contribution in [1.82, 2.24) is 4.90 Å². The van der Waals surface area contributed by atoms with Crippen LogP contribution in [0.5, 0.6) is 0 Å². The smallest absolute Gasteiger partial charge is 0.410 e. The molecule has 1 amide bonds. The van der Waals surface area contributed by atoms with Gasteiger partial charge in [0.25, 0.3) is 0 Å².